The van der Waals surface area contributed by atoms with Gasteiger partial charge in [-0.3, -0.25) is 4.79 Å². The summed E-state index contributed by atoms with van der Waals surface area (Å²) in [6.07, 6.45) is 0. The minimum absolute atomic E-state index is 0.0838. The molecule has 3 nitrogen and oxygen atoms in total. The van der Waals surface area contributed by atoms with Crippen molar-refractivity contribution in [3.8, 4) is 5.75 Å². The van der Waals surface area contributed by atoms with E-state index in [-0.39, 0.29) is 11.4 Å². The van der Waals surface area contributed by atoms with Crippen molar-refractivity contribution in [3.05, 3.63) is 29.8 Å². The molecule has 1 saturated heterocycles. The predicted octanol–water partition coefficient (Wildman–Crippen LogP) is 2.37. The summed E-state index contributed by atoms with van der Waals surface area (Å²) in [4.78, 5) is 10.8. The number of carbonyl (C=O) groups is 1. The molecule has 0 spiro atoms. The van der Waals surface area contributed by atoms with Crippen LogP contribution < -0.4 is 4.74 Å². The standard InChI is InChI=1S/C11H12O3S/c1-8(12)14-10-4-2-3-9(7-10)11-13-5-6-15-11/h2-4,7,11H,5-6H2,1H3. The SMILES string of the molecule is CC(=O)Oc1cccc(C2OCCS2)c1. The minimum Gasteiger partial charge on any atom is -0.427 e. The smallest absolute Gasteiger partial charge is 0.308 e. The number of ether oxygens (including phenoxy) is 2. The van der Waals surface area contributed by atoms with E-state index in [1.807, 2.05) is 18.2 Å². The van der Waals surface area contributed by atoms with E-state index >= 15 is 0 Å². The number of thioether (sulfide) groups is 1. The fraction of sp³-hybridized carbons (Fsp3) is 0.364. The number of rotatable bonds is 2. The maximum absolute atomic E-state index is 10.8. The number of hydrogen-bond donors (Lipinski definition) is 0. The molecule has 0 bridgehead atoms. The number of benzene rings is 1. The Labute approximate surface area is 92.8 Å². The van der Waals surface area contributed by atoms with Crippen LogP contribution in [0.4, 0.5) is 0 Å². The fourth-order valence-electron chi connectivity index (χ4n) is 1.44. The van der Waals surface area contributed by atoms with Crippen molar-refractivity contribution in [1.82, 2.24) is 0 Å². The van der Waals surface area contributed by atoms with Crippen LogP contribution in [0.3, 0.4) is 0 Å². The van der Waals surface area contributed by atoms with Crippen LogP contribution in [0.5, 0.6) is 5.75 Å². The molecule has 1 atom stereocenters. The summed E-state index contributed by atoms with van der Waals surface area (Å²) < 4.78 is 10.5. The third-order valence-electron chi connectivity index (χ3n) is 2.01. The van der Waals surface area contributed by atoms with E-state index < -0.39 is 0 Å². The van der Waals surface area contributed by atoms with E-state index in [0.717, 1.165) is 17.9 Å². The van der Waals surface area contributed by atoms with Crippen LogP contribution in [0, 0.1) is 0 Å². The van der Waals surface area contributed by atoms with Crippen molar-refractivity contribution in [2.45, 2.75) is 12.4 Å². The minimum atomic E-state index is -0.299. The molecule has 1 aromatic rings. The molecule has 1 aliphatic rings. The molecule has 0 N–H and O–H groups in total. The van der Waals surface area contributed by atoms with Crippen LogP contribution in [-0.2, 0) is 9.53 Å². The Morgan fingerprint density at radius 2 is 2.47 bits per heavy atom. The lowest BCUT2D eigenvalue weighted by Crippen LogP contribution is -2.02. The van der Waals surface area contributed by atoms with E-state index in [4.69, 9.17) is 9.47 Å². The van der Waals surface area contributed by atoms with Crippen LogP contribution in [0.1, 0.15) is 17.9 Å². The van der Waals surface area contributed by atoms with Gasteiger partial charge < -0.3 is 9.47 Å². The lowest BCUT2D eigenvalue weighted by Gasteiger charge is -2.10. The highest BCUT2D eigenvalue weighted by Crippen LogP contribution is 2.35. The molecule has 15 heavy (non-hydrogen) atoms. The largest absolute Gasteiger partial charge is 0.427 e. The third kappa shape index (κ3) is 2.73. The van der Waals surface area contributed by atoms with Gasteiger partial charge in [-0.25, -0.2) is 0 Å². The summed E-state index contributed by atoms with van der Waals surface area (Å²) in [5.41, 5.74) is 1.14. The first-order valence-corrected chi connectivity index (χ1v) is 5.82. The molecule has 80 valence electrons. The van der Waals surface area contributed by atoms with Gasteiger partial charge >= 0.3 is 5.97 Å². The zero-order valence-corrected chi connectivity index (χ0v) is 9.25. The molecular weight excluding hydrogens is 212 g/mol. The van der Waals surface area contributed by atoms with Gasteiger partial charge in [-0.05, 0) is 17.7 Å². The van der Waals surface area contributed by atoms with Gasteiger partial charge in [0.2, 0.25) is 0 Å². The highest BCUT2D eigenvalue weighted by molar-refractivity contribution is 7.99. The maximum Gasteiger partial charge on any atom is 0.308 e. The van der Waals surface area contributed by atoms with E-state index in [9.17, 15) is 4.79 Å². The Bertz CT molecular complexity index is 359. The summed E-state index contributed by atoms with van der Waals surface area (Å²) in [6, 6.07) is 7.47. The molecule has 1 aliphatic heterocycles. The molecule has 0 radical (unpaired) electrons. The van der Waals surface area contributed by atoms with E-state index in [2.05, 4.69) is 0 Å². The van der Waals surface area contributed by atoms with Crippen molar-refractivity contribution in [2.75, 3.05) is 12.4 Å². The summed E-state index contributed by atoms with van der Waals surface area (Å²) in [5.74, 6) is 1.30. The highest BCUT2D eigenvalue weighted by atomic mass is 32.2. The first kappa shape index (κ1) is 10.5. The molecule has 4 heteroatoms. The Kier molecular flexibility index (Phi) is 3.28. The highest BCUT2D eigenvalue weighted by Gasteiger charge is 2.18. The first-order chi connectivity index (χ1) is 7.25. The third-order valence-corrected chi connectivity index (χ3v) is 3.13. The van der Waals surface area contributed by atoms with E-state index in [0.29, 0.717) is 5.75 Å². The number of esters is 1. The summed E-state index contributed by atoms with van der Waals surface area (Å²) in [5, 5.41) is 0. The number of carbonyl (C=O) groups excluding carboxylic acids is 1. The van der Waals surface area contributed by atoms with Gasteiger partial charge in [0.05, 0.1) is 6.61 Å². The average molecular weight is 224 g/mol. The molecule has 1 unspecified atom stereocenters. The quantitative estimate of drug-likeness (QED) is 0.570. The Balaban J connectivity index is 2.14. The van der Waals surface area contributed by atoms with Gasteiger partial charge in [0.15, 0.2) is 0 Å². The van der Waals surface area contributed by atoms with E-state index in [1.165, 1.54) is 6.92 Å². The summed E-state index contributed by atoms with van der Waals surface area (Å²) in [7, 11) is 0. The van der Waals surface area contributed by atoms with Gasteiger partial charge in [0.25, 0.3) is 0 Å². The predicted molar refractivity (Wildman–Crippen MR) is 58.9 cm³/mol. The van der Waals surface area contributed by atoms with Gasteiger partial charge in [-0.15, -0.1) is 11.8 Å². The van der Waals surface area contributed by atoms with Crippen molar-refractivity contribution < 1.29 is 14.3 Å². The molecule has 0 saturated carbocycles. The first-order valence-electron chi connectivity index (χ1n) is 4.77. The van der Waals surface area contributed by atoms with Crippen LogP contribution >= 0.6 is 11.8 Å². The Morgan fingerprint density at radius 1 is 1.60 bits per heavy atom. The van der Waals surface area contributed by atoms with Crippen molar-refractivity contribution in [2.24, 2.45) is 0 Å². The second kappa shape index (κ2) is 4.68. The molecular formula is C11H12O3S. The van der Waals surface area contributed by atoms with Crippen molar-refractivity contribution in [3.63, 3.8) is 0 Å². The van der Waals surface area contributed by atoms with Gasteiger partial charge in [0.1, 0.15) is 11.2 Å². The second-order valence-corrected chi connectivity index (χ2v) is 4.41. The lowest BCUT2D eigenvalue weighted by molar-refractivity contribution is -0.131. The second-order valence-electron chi connectivity index (χ2n) is 3.24. The lowest BCUT2D eigenvalue weighted by atomic mass is 10.2. The van der Waals surface area contributed by atoms with Gasteiger partial charge in [0, 0.05) is 12.7 Å². The average Bonchev–Trinajstić information content (AvgIpc) is 2.69. The Hall–Kier alpha value is -1.00. The van der Waals surface area contributed by atoms with Gasteiger partial charge in [-0.1, -0.05) is 12.1 Å². The van der Waals surface area contributed by atoms with Crippen LogP contribution in [0.2, 0.25) is 0 Å². The van der Waals surface area contributed by atoms with Crippen molar-refractivity contribution in [1.29, 1.82) is 0 Å². The van der Waals surface area contributed by atoms with E-state index in [1.54, 1.807) is 17.8 Å². The maximum atomic E-state index is 10.8. The molecule has 0 aromatic heterocycles. The molecule has 2 rings (SSSR count). The van der Waals surface area contributed by atoms with Crippen LogP contribution in [0.25, 0.3) is 0 Å². The topological polar surface area (TPSA) is 35.5 Å². The number of hydrogen-bond acceptors (Lipinski definition) is 4. The van der Waals surface area contributed by atoms with Crippen molar-refractivity contribution >= 4 is 17.7 Å². The molecule has 1 fully saturated rings. The summed E-state index contributed by atoms with van der Waals surface area (Å²) in [6.45, 7) is 2.18. The summed E-state index contributed by atoms with van der Waals surface area (Å²) >= 11 is 1.76. The molecule has 1 heterocycles. The molecule has 1 aromatic carbocycles. The van der Waals surface area contributed by atoms with Gasteiger partial charge in [-0.2, -0.15) is 0 Å². The zero-order chi connectivity index (χ0) is 10.7. The molecule has 0 aliphatic carbocycles. The monoisotopic (exact) mass is 224 g/mol. The fourth-order valence-corrected chi connectivity index (χ4v) is 2.38. The van der Waals surface area contributed by atoms with Crippen LogP contribution in [0.15, 0.2) is 24.3 Å². The zero-order valence-electron chi connectivity index (χ0n) is 8.43. The van der Waals surface area contributed by atoms with Crippen LogP contribution in [-0.4, -0.2) is 18.3 Å². The molecule has 0 amide bonds. The normalized spacial score (nSPS) is 20.2. The Morgan fingerprint density at radius 3 is 3.13 bits per heavy atom.